The lowest BCUT2D eigenvalue weighted by Gasteiger charge is -1.97. The number of hydrogen-bond acceptors (Lipinski definition) is 1. The quantitative estimate of drug-likeness (QED) is 0.505. The molecule has 0 saturated heterocycles. The second kappa shape index (κ2) is 4.34. The largest absolute Gasteiger partial charge is 0.421 e. The molecule has 1 nitrogen and oxygen atoms in total. The zero-order valence-corrected chi connectivity index (χ0v) is 6.19. The van der Waals surface area contributed by atoms with Gasteiger partial charge in [-0.25, -0.2) is 0 Å². The molecule has 2 radical (unpaired) electrons. The molecule has 0 fully saturated rings. The minimum atomic E-state index is 0.695. The highest BCUT2D eigenvalue weighted by atomic mass is 28.2. The first-order chi connectivity index (χ1) is 3.27. The van der Waals surface area contributed by atoms with Gasteiger partial charge in [0.25, 0.3) is 0 Å². The van der Waals surface area contributed by atoms with Crippen molar-refractivity contribution in [3.05, 3.63) is 0 Å². The van der Waals surface area contributed by atoms with Gasteiger partial charge in [0.1, 0.15) is 0 Å². The topological polar surface area (TPSA) is 9.23 Å². The second-order valence-corrected chi connectivity index (χ2v) is 3.05. The molecule has 0 aromatic carbocycles. The van der Waals surface area contributed by atoms with E-state index >= 15 is 0 Å². The number of rotatable bonds is 3. The standard InChI is InChI=1S/C5H12OSi/c1-5(2)4-7-6-3/h5H,4H2,1-3H3. The van der Waals surface area contributed by atoms with E-state index in [9.17, 15) is 0 Å². The van der Waals surface area contributed by atoms with Crippen molar-refractivity contribution >= 4 is 9.76 Å². The summed E-state index contributed by atoms with van der Waals surface area (Å²) in [5, 5.41) is 0. The van der Waals surface area contributed by atoms with Crippen LogP contribution in [0.3, 0.4) is 0 Å². The molecule has 0 heterocycles. The van der Waals surface area contributed by atoms with Crippen molar-refractivity contribution in [2.24, 2.45) is 5.92 Å². The third-order valence-electron chi connectivity index (χ3n) is 0.636. The Hall–Kier alpha value is 0.177. The van der Waals surface area contributed by atoms with E-state index in [0.717, 1.165) is 5.92 Å². The van der Waals surface area contributed by atoms with Crippen molar-refractivity contribution in [3.8, 4) is 0 Å². The molecule has 0 amide bonds. The van der Waals surface area contributed by atoms with Gasteiger partial charge in [-0.05, 0) is 12.0 Å². The molecule has 7 heavy (non-hydrogen) atoms. The van der Waals surface area contributed by atoms with E-state index in [2.05, 4.69) is 13.8 Å². The Morgan fingerprint density at radius 2 is 2.14 bits per heavy atom. The molecule has 0 rings (SSSR count). The maximum absolute atomic E-state index is 4.88. The van der Waals surface area contributed by atoms with Crippen LogP contribution in [0.4, 0.5) is 0 Å². The van der Waals surface area contributed by atoms with Gasteiger partial charge >= 0.3 is 0 Å². The second-order valence-electron chi connectivity index (χ2n) is 1.95. The molecule has 0 aliphatic carbocycles. The average Bonchev–Trinajstić information content (AvgIpc) is 1.61. The van der Waals surface area contributed by atoms with Crippen LogP contribution in [0.15, 0.2) is 0 Å². The monoisotopic (exact) mass is 116 g/mol. The van der Waals surface area contributed by atoms with Gasteiger partial charge < -0.3 is 4.43 Å². The minimum Gasteiger partial charge on any atom is -0.421 e. The predicted octanol–water partition coefficient (Wildman–Crippen LogP) is 1.33. The van der Waals surface area contributed by atoms with Crippen LogP contribution in [-0.4, -0.2) is 16.9 Å². The lowest BCUT2D eigenvalue weighted by Crippen LogP contribution is -1.97. The zero-order chi connectivity index (χ0) is 5.70. The van der Waals surface area contributed by atoms with Crippen LogP contribution in [0.25, 0.3) is 0 Å². The minimum absolute atomic E-state index is 0.695. The first kappa shape index (κ1) is 7.18. The third kappa shape index (κ3) is 6.18. The Morgan fingerprint density at radius 1 is 1.57 bits per heavy atom. The van der Waals surface area contributed by atoms with Gasteiger partial charge in [-0.3, -0.25) is 0 Å². The van der Waals surface area contributed by atoms with Crippen molar-refractivity contribution in [1.29, 1.82) is 0 Å². The highest BCUT2D eigenvalue weighted by Gasteiger charge is 1.91. The maximum Gasteiger partial charge on any atom is 0.229 e. The predicted molar refractivity (Wildman–Crippen MR) is 32.4 cm³/mol. The lowest BCUT2D eigenvalue weighted by atomic mass is 10.3. The third-order valence-corrected chi connectivity index (χ3v) is 1.91. The zero-order valence-electron chi connectivity index (χ0n) is 5.19. The van der Waals surface area contributed by atoms with Gasteiger partial charge in [0.15, 0.2) is 0 Å². The van der Waals surface area contributed by atoms with Crippen LogP contribution in [-0.2, 0) is 4.43 Å². The number of hydrogen-bond donors (Lipinski definition) is 0. The molecule has 0 N–H and O–H groups in total. The van der Waals surface area contributed by atoms with Gasteiger partial charge in [-0.1, -0.05) is 13.8 Å². The summed E-state index contributed by atoms with van der Waals surface area (Å²) in [5.41, 5.74) is 0. The van der Waals surface area contributed by atoms with Crippen LogP contribution in [0.5, 0.6) is 0 Å². The molecule has 0 aliphatic rings. The highest BCUT2D eigenvalue weighted by molar-refractivity contribution is 6.26. The molecule has 0 unspecified atom stereocenters. The molecule has 0 spiro atoms. The highest BCUT2D eigenvalue weighted by Crippen LogP contribution is 1.96. The molecule has 0 atom stereocenters. The summed E-state index contributed by atoms with van der Waals surface area (Å²) in [6.45, 7) is 4.40. The molecule has 0 aliphatic heterocycles. The van der Waals surface area contributed by atoms with Gasteiger partial charge in [0.2, 0.25) is 9.76 Å². The normalized spacial score (nSPS) is 10.3. The lowest BCUT2D eigenvalue weighted by molar-refractivity contribution is 0.434. The molecule has 0 saturated carbocycles. The summed E-state index contributed by atoms with van der Waals surface area (Å²) in [5.74, 6) is 0.790. The van der Waals surface area contributed by atoms with Crippen molar-refractivity contribution in [1.82, 2.24) is 0 Å². The van der Waals surface area contributed by atoms with E-state index in [0.29, 0.717) is 9.76 Å². The fourth-order valence-electron chi connectivity index (χ4n) is 0.250. The summed E-state index contributed by atoms with van der Waals surface area (Å²) in [6, 6.07) is 1.20. The van der Waals surface area contributed by atoms with Crippen molar-refractivity contribution < 1.29 is 4.43 Å². The average molecular weight is 116 g/mol. The van der Waals surface area contributed by atoms with E-state index in [-0.39, 0.29) is 0 Å². The van der Waals surface area contributed by atoms with Crippen LogP contribution in [0.2, 0.25) is 6.04 Å². The van der Waals surface area contributed by atoms with E-state index in [1.165, 1.54) is 6.04 Å². The van der Waals surface area contributed by atoms with E-state index in [1.807, 2.05) is 0 Å². The first-order valence-electron chi connectivity index (χ1n) is 2.53. The molecular weight excluding hydrogens is 104 g/mol. The fourth-order valence-corrected chi connectivity index (χ4v) is 0.750. The van der Waals surface area contributed by atoms with E-state index < -0.39 is 0 Å². The van der Waals surface area contributed by atoms with Crippen molar-refractivity contribution in [2.75, 3.05) is 7.11 Å². The summed E-state index contributed by atoms with van der Waals surface area (Å²) < 4.78 is 4.88. The van der Waals surface area contributed by atoms with Gasteiger partial charge in [-0.2, -0.15) is 0 Å². The maximum atomic E-state index is 4.88. The van der Waals surface area contributed by atoms with Gasteiger partial charge in [0.05, 0.1) is 0 Å². The van der Waals surface area contributed by atoms with Crippen LogP contribution in [0, 0.1) is 5.92 Å². The smallest absolute Gasteiger partial charge is 0.229 e. The van der Waals surface area contributed by atoms with Crippen molar-refractivity contribution in [3.63, 3.8) is 0 Å². The Morgan fingerprint density at radius 3 is 2.29 bits per heavy atom. The van der Waals surface area contributed by atoms with Crippen LogP contribution in [0.1, 0.15) is 13.8 Å². The Bertz CT molecular complexity index is 37.1. The fraction of sp³-hybridized carbons (Fsp3) is 1.00. The molecule has 42 valence electrons. The molecule has 0 aromatic heterocycles. The summed E-state index contributed by atoms with van der Waals surface area (Å²) in [6.07, 6.45) is 0. The Labute approximate surface area is 48.0 Å². The van der Waals surface area contributed by atoms with E-state index in [1.54, 1.807) is 7.11 Å². The molecule has 0 bridgehead atoms. The summed E-state index contributed by atoms with van der Waals surface area (Å²) in [4.78, 5) is 0. The Balaban J connectivity index is 2.68. The molecular formula is C5H12OSi. The van der Waals surface area contributed by atoms with Gasteiger partial charge in [-0.15, -0.1) is 0 Å². The van der Waals surface area contributed by atoms with E-state index in [4.69, 9.17) is 4.43 Å². The van der Waals surface area contributed by atoms with Crippen molar-refractivity contribution in [2.45, 2.75) is 19.9 Å². The van der Waals surface area contributed by atoms with Crippen LogP contribution < -0.4 is 0 Å². The first-order valence-corrected chi connectivity index (χ1v) is 3.64. The molecule has 2 heteroatoms. The summed E-state index contributed by atoms with van der Waals surface area (Å²) >= 11 is 0. The molecule has 0 aromatic rings. The van der Waals surface area contributed by atoms with Gasteiger partial charge in [0, 0.05) is 7.11 Å². The summed E-state index contributed by atoms with van der Waals surface area (Å²) in [7, 11) is 2.45. The van der Waals surface area contributed by atoms with Crippen LogP contribution >= 0.6 is 0 Å². The Kier molecular flexibility index (Phi) is 4.45. The SMILES string of the molecule is CO[Si]CC(C)C.